The molecule has 0 aromatic heterocycles. The van der Waals surface area contributed by atoms with Crippen LogP contribution in [0.15, 0.2) is 30.3 Å². The lowest BCUT2D eigenvalue weighted by Gasteiger charge is -2.10. The van der Waals surface area contributed by atoms with E-state index in [4.69, 9.17) is 4.74 Å². The first-order valence-corrected chi connectivity index (χ1v) is 7.38. The van der Waals surface area contributed by atoms with Crippen molar-refractivity contribution >= 4 is 5.78 Å². The number of benzene rings is 2. The molecule has 5 heteroatoms. The number of halogens is 1. The second kappa shape index (κ2) is 7.13. The van der Waals surface area contributed by atoms with E-state index in [-0.39, 0.29) is 29.4 Å². The summed E-state index contributed by atoms with van der Waals surface area (Å²) in [7, 11) is 0. The summed E-state index contributed by atoms with van der Waals surface area (Å²) in [4.78, 5) is 12.2. The number of carbonyl (C=O) groups excluding carboxylic acids is 1. The quantitative estimate of drug-likeness (QED) is 0.796. The van der Waals surface area contributed by atoms with Crippen molar-refractivity contribution in [1.82, 2.24) is 0 Å². The molecule has 2 aromatic rings. The van der Waals surface area contributed by atoms with Crippen LogP contribution >= 0.6 is 0 Å². The number of aromatic hydroxyl groups is 2. The second-order valence-electron chi connectivity index (χ2n) is 5.42. The Balaban J connectivity index is 2.15. The molecule has 2 rings (SSSR count). The van der Waals surface area contributed by atoms with Crippen molar-refractivity contribution in [1.29, 1.82) is 0 Å². The Morgan fingerprint density at radius 3 is 2.52 bits per heavy atom. The number of ketones is 1. The van der Waals surface area contributed by atoms with Crippen molar-refractivity contribution < 1.29 is 24.1 Å². The van der Waals surface area contributed by atoms with E-state index in [1.54, 1.807) is 13.0 Å². The number of Topliss-reactive ketones (excluding diaryl/α,β-unsaturated/α-hetero) is 1. The molecule has 0 spiro atoms. The number of ether oxygens (including phenoxy) is 1. The monoisotopic (exact) mass is 318 g/mol. The number of aryl methyl sites for hydroxylation is 2. The molecule has 0 bridgehead atoms. The summed E-state index contributed by atoms with van der Waals surface area (Å²) in [6.07, 6.45) is 1.39. The fourth-order valence-electron chi connectivity index (χ4n) is 2.33. The Morgan fingerprint density at radius 2 is 1.87 bits per heavy atom. The summed E-state index contributed by atoms with van der Waals surface area (Å²) in [6.45, 7) is 3.34. The second-order valence-corrected chi connectivity index (χ2v) is 5.42. The fraction of sp³-hybridized carbons (Fsp3) is 0.278. The highest BCUT2D eigenvalue weighted by Crippen LogP contribution is 2.29. The van der Waals surface area contributed by atoms with E-state index in [9.17, 15) is 19.4 Å². The van der Waals surface area contributed by atoms with E-state index in [1.165, 1.54) is 18.2 Å². The van der Waals surface area contributed by atoms with Crippen LogP contribution in [0.5, 0.6) is 17.2 Å². The maximum absolute atomic E-state index is 13.3. The molecule has 0 heterocycles. The third-order valence-corrected chi connectivity index (χ3v) is 3.40. The molecule has 2 aromatic carbocycles. The molecule has 0 aliphatic carbocycles. The largest absolute Gasteiger partial charge is 0.508 e. The number of hydrogen-bond donors (Lipinski definition) is 2. The minimum absolute atomic E-state index is 0.0393. The minimum Gasteiger partial charge on any atom is -0.508 e. The minimum atomic E-state index is -0.443. The van der Waals surface area contributed by atoms with Crippen LogP contribution in [0.25, 0.3) is 0 Å². The zero-order valence-corrected chi connectivity index (χ0v) is 13.1. The van der Waals surface area contributed by atoms with Crippen molar-refractivity contribution in [2.75, 3.05) is 6.61 Å². The van der Waals surface area contributed by atoms with Gasteiger partial charge in [0.25, 0.3) is 0 Å². The van der Waals surface area contributed by atoms with Gasteiger partial charge in [-0.15, -0.1) is 0 Å². The Morgan fingerprint density at radius 1 is 1.13 bits per heavy atom. The first-order valence-electron chi connectivity index (χ1n) is 7.38. The summed E-state index contributed by atoms with van der Waals surface area (Å²) in [5.41, 5.74) is 1.36. The van der Waals surface area contributed by atoms with E-state index in [0.29, 0.717) is 17.5 Å². The average Bonchev–Trinajstić information content (AvgIpc) is 2.47. The summed E-state index contributed by atoms with van der Waals surface area (Å²) >= 11 is 0. The van der Waals surface area contributed by atoms with Gasteiger partial charge < -0.3 is 14.9 Å². The molecule has 0 saturated carbocycles. The smallest absolute Gasteiger partial charge is 0.203 e. The maximum atomic E-state index is 13.3. The third kappa shape index (κ3) is 4.22. The van der Waals surface area contributed by atoms with Crippen molar-refractivity contribution in [3.8, 4) is 17.2 Å². The van der Waals surface area contributed by atoms with Crippen LogP contribution in [0.4, 0.5) is 4.39 Å². The predicted octanol–water partition coefficient (Wildman–Crippen LogP) is 3.76. The van der Waals surface area contributed by atoms with E-state index in [0.717, 1.165) is 12.5 Å². The Hall–Kier alpha value is -2.56. The van der Waals surface area contributed by atoms with Gasteiger partial charge in [-0.05, 0) is 42.7 Å². The SMILES string of the molecule is CCCc1cc(C(=O)COc2cc(C)cc(F)c2)c(O)cc1O. The van der Waals surface area contributed by atoms with E-state index in [2.05, 4.69) is 0 Å². The Kier molecular flexibility index (Phi) is 5.21. The van der Waals surface area contributed by atoms with Gasteiger partial charge in [-0.2, -0.15) is 0 Å². The molecule has 0 saturated heterocycles. The molecular weight excluding hydrogens is 299 g/mol. The average molecular weight is 318 g/mol. The number of rotatable bonds is 6. The van der Waals surface area contributed by atoms with Crippen LogP contribution in [0.2, 0.25) is 0 Å². The first kappa shape index (κ1) is 16.8. The molecule has 0 aliphatic rings. The Bertz CT molecular complexity index is 705. The van der Waals surface area contributed by atoms with Crippen LogP contribution < -0.4 is 4.74 Å². The van der Waals surface area contributed by atoms with Crippen LogP contribution in [-0.2, 0) is 6.42 Å². The summed E-state index contributed by atoms with van der Waals surface area (Å²) in [5.74, 6) is -0.969. The molecule has 23 heavy (non-hydrogen) atoms. The van der Waals surface area contributed by atoms with Crippen LogP contribution in [0.1, 0.15) is 34.8 Å². The molecule has 0 unspecified atom stereocenters. The van der Waals surface area contributed by atoms with Gasteiger partial charge in [0.05, 0.1) is 5.56 Å². The van der Waals surface area contributed by atoms with Crippen molar-refractivity contribution in [3.63, 3.8) is 0 Å². The molecule has 2 N–H and O–H groups in total. The zero-order valence-electron chi connectivity index (χ0n) is 13.1. The predicted molar refractivity (Wildman–Crippen MR) is 84.7 cm³/mol. The molecule has 0 aliphatic heterocycles. The lowest BCUT2D eigenvalue weighted by atomic mass is 10.0. The zero-order chi connectivity index (χ0) is 17.0. The van der Waals surface area contributed by atoms with Gasteiger partial charge in [-0.3, -0.25) is 4.79 Å². The van der Waals surface area contributed by atoms with Crippen molar-refractivity contribution in [3.05, 3.63) is 52.8 Å². The first-order chi connectivity index (χ1) is 10.9. The summed E-state index contributed by atoms with van der Waals surface area (Å²) < 4.78 is 18.6. The highest BCUT2D eigenvalue weighted by Gasteiger charge is 2.16. The number of phenolic OH excluding ortho intramolecular Hbond substituents is 2. The normalized spacial score (nSPS) is 10.6. The summed E-state index contributed by atoms with van der Waals surface area (Å²) in [5, 5.41) is 19.6. The Labute approximate surface area is 134 Å². The van der Waals surface area contributed by atoms with Gasteiger partial charge in [-0.1, -0.05) is 13.3 Å². The van der Waals surface area contributed by atoms with Crippen molar-refractivity contribution in [2.45, 2.75) is 26.7 Å². The number of carbonyl (C=O) groups is 1. The lowest BCUT2D eigenvalue weighted by Crippen LogP contribution is -2.12. The van der Waals surface area contributed by atoms with E-state index in [1.807, 2.05) is 6.92 Å². The molecule has 0 amide bonds. The molecule has 0 radical (unpaired) electrons. The van der Waals surface area contributed by atoms with Gasteiger partial charge in [0.15, 0.2) is 6.61 Å². The molecule has 0 fully saturated rings. The van der Waals surface area contributed by atoms with Gasteiger partial charge in [0.2, 0.25) is 5.78 Å². The number of hydrogen-bond acceptors (Lipinski definition) is 4. The number of phenols is 2. The molecule has 0 atom stereocenters. The summed E-state index contributed by atoms with van der Waals surface area (Å²) in [6, 6.07) is 6.80. The van der Waals surface area contributed by atoms with Gasteiger partial charge in [-0.25, -0.2) is 4.39 Å². The third-order valence-electron chi connectivity index (χ3n) is 3.40. The highest BCUT2D eigenvalue weighted by molar-refractivity contribution is 6.00. The molecular formula is C18H19FO4. The lowest BCUT2D eigenvalue weighted by molar-refractivity contribution is 0.0918. The van der Waals surface area contributed by atoms with Gasteiger partial charge in [0, 0.05) is 12.1 Å². The van der Waals surface area contributed by atoms with E-state index >= 15 is 0 Å². The van der Waals surface area contributed by atoms with Crippen LogP contribution in [0.3, 0.4) is 0 Å². The maximum Gasteiger partial charge on any atom is 0.203 e. The van der Waals surface area contributed by atoms with Crippen LogP contribution in [0, 0.1) is 12.7 Å². The topological polar surface area (TPSA) is 66.8 Å². The van der Waals surface area contributed by atoms with Crippen molar-refractivity contribution in [2.24, 2.45) is 0 Å². The van der Waals surface area contributed by atoms with Gasteiger partial charge in [0.1, 0.15) is 23.1 Å². The van der Waals surface area contributed by atoms with E-state index < -0.39 is 11.6 Å². The van der Waals surface area contributed by atoms with Gasteiger partial charge >= 0.3 is 0 Å². The fourth-order valence-corrected chi connectivity index (χ4v) is 2.33. The van der Waals surface area contributed by atoms with Crippen LogP contribution in [-0.4, -0.2) is 22.6 Å². The highest BCUT2D eigenvalue weighted by atomic mass is 19.1. The molecule has 4 nitrogen and oxygen atoms in total. The molecule has 122 valence electrons. The standard InChI is InChI=1S/C18H19FO4/c1-3-4-12-7-15(17(21)9-16(12)20)18(22)10-23-14-6-11(2)5-13(19)8-14/h5-9,20-21H,3-4,10H2,1-2H3.